The van der Waals surface area contributed by atoms with Gasteiger partial charge in [0, 0.05) is 16.3 Å². The monoisotopic (exact) mass is 541 g/mol. The molecular formula is C24H29BrClNO4S. The Bertz CT molecular complexity index is 1020. The molecule has 5 nitrogen and oxygen atoms in total. The molecule has 8 heteroatoms. The van der Waals surface area contributed by atoms with Gasteiger partial charge >= 0.3 is 5.97 Å². The third kappa shape index (κ3) is 5.67. The van der Waals surface area contributed by atoms with E-state index in [0.717, 1.165) is 46.2 Å². The van der Waals surface area contributed by atoms with Gasteiger partial charge in [-0.25, -0.2) is 4.79 Å². The number of rotatable bonds is 8. The summed E-state index contributed by atoms with van der Waals surface area (Å²) in [6.07, 6.45) is 3.67. The van der Waals surface area contributed by atoms with Gasteiger partial charge in [0.05, 0.1) is 23.2 Å². The molecule has 1 unspecified atom stereocenters. The van der Waals surface area contributed by atoms with E-state index in [0.29, 0.717) is 47.6 Å². The van der Waals surface area contributed by atoms with Crippen LogP contribution in [0.5, 0.6) is 5.75 Å². The second kappa shape index (κ2) is 11.0. The summed E-state index contributed by atoms with van der Waals surface area (Å²) in [6.45, 7) is 8.58. The first-order valence-corrected chi connectivity index (χ1v) is 12.9. The minimum absolute atomic E-state index is 0.131. The number of ether oxygens (including phenoxy) is 2. The molecule has 1 amide bonds. The normalized spacial score (nSPS) is 15.2. The lowest BCUT2D eigenvalue weighted by atomic mass is 9.88. The first-order valence-electron chi connectivity index (χ1n) is 10.9. The quantitative estimate of drug-likeness (QED) is 0.292. The van der Waals surface area contributed by atoms with Gasteiger partial charge in [-0.2, -0.15) is 0 Å². The molecule has 2 aromatic rings. The Labute approximate surface area is 207 Å². The standard InChI is InChI=1S/C24H29BrClNO4S/c1-5-30-24(29)20-16-9-8-13(2)11-18(16)32-23(20)27-19(28)7-6-10-31-17-12-14(3)22(26)15(4)21(17)25/h12-13H,5-11H2,1-4H3,(H,27,28). The highest BCUT2D eigenvalue weighted by molar-refractivity contribution is 9.10. The number of esters is 1. The van der Waals surface area contributed by atoms with Gasteiger partial charge in [-0.3, -0.25) is 4.79 Å². The third-order valence-electron chi connectivity index (χ3n) is 5.62. The molecule has 1 heterocycles. The maximum Gasteiger partial charge on any atom is 0.341 e. The zero-order valence-electron chi connectivity index (χ0n) is 18.9. The Morgan fingerprint density at radius 3 is 2.81 bits per heavy atom. The highest BCUT2D eigenvalue weighted by Crippen LogP contribution is 2.40. The number of amides is 1. The molecule has 32 heavy (non-hydrogen) atoms. The lowest BCUT2D eigenvalue weighted by Crippen LogP contribution is -2.17. The molecule has 1 aliphatic rings. The maximum atomic E-state index is 12.6. The van der Waals surface area contributed by atoms with Crippen molar-refractivity contribution in [2.24, 2.45) is 5.92 Å². The minimum atomic E-state index is -0.350. The van der Waals surface area contributed by atoms with Crippen molar-refractivity contribution in [1.82, 2.24) is 0 Å². The highest BCUT2D eigenvalue weighted by atomic mass is 79.9. The number of fused-ring (bicyclic) bond motifs is 1. The molecule has 1 atom stereocenters. The lowest BCUT2D eigenvalue weighted by molar-refractivity contribution is -0.116. The molecule has 1 N–H and O–H groups in total. The highest BCUT2D eigenvalue weighted by Gasteiger charge is 2.29. The Hall–Kier alpha value is -1.57. The first-order chi connectivity index (χ1) is 15.2. The molecule has 1 aromatic heterocycles. The predicted molar refractivity (Wildman–Crippen MR) is 133 cm³/mol. The fourth-order valence-corrected chi connectivity index (χ4v) is 5.97. The smallest absolute Gasteiger partial charge is 0.341 e. The van der Waals surface area contributed by atoms with Crippen LogP contribution in [-0.2, 0) is 22.4 Å². The number of halogens is 2. The van der Waals surface area contributed by atoms with Crippen molar-refractivity contribution in [2.45, 2.75) is 59.8 Å². The second-order valence-electron chi connectivity index (χ2n) is 8.22. The molecule has 3 rings (SSSR count). The predicted octanol–water partition coefficient (Wildman–Crippen LogP) is 6.88. The van der Waals surface area contributed by atoms with E-state index in [9.17, 15) is 9.59 Å². The van der Waals surface area contributed by atoms with Crippen LogP contribution in [0.2, 0.25) is 5.02 Å². The Morgan fingerprint density at radius 2 is 2.09 bits per heavy atom. The summed E-state index contributed by atoms with van der Waals surface area (Å²) in [6, 6.07) is 1.89. The average Bonchev–Trinajstić information content (AvgIpc) is 3.09. The van der Waals surface area contributed by atoms with Gasteiger partial charge in [-0.15, -0.1) is 11.3 Å². The van der Waals surface area contributed by atoms with Crippen LogP contribution in [0.15, 0.2) is 10.5 Å². The van der Waals surface area contributed by atoms with E-state index in [1.165, 1.54) is 16.2 Å². The zero-order chi connectivity index (χ0) is 23.4. The summed E-state index contributed by atoms with van der Waals surface area (Å²) >= 11 is 11.3. The molecule has 0 saturated heterocycles. The van der Waals surface area contributed by atoms with Gasteiger partial charge in [-0.05, 0) is 91.1 Å². The summed E-state index contributed by atoms with van der Waals surface area (Å²) in [4.78, 5) is 26.4. The van der Waals surface area contributed by atoms with Crippen LogP contribution in [-0.4, -0.2) is 25.1 Å². The van der Waals surface area contributed by atoms with Crippen molar-refractivity contribution in [3.63, 3.8) is 0 Å². The number of carbonyl (C=O) groups excluding carboxylic acids is 2. The molecule has 0 aliphatic heterocycles. The van der Waals surface area contributed by atoms with Crippen LogP contribution >= 0.6 is 38.9 Å². The van der Waals surface area contributed by atoms with E-state index in [-0.39, 0.29) is 11.9 Å². The number of aryl methyl sites for hydroxylation is 1. The SMILES string of the molecule is CCOC(=O)c1c(NC(=O)CCCOc2cc(C)c(Cl)c(C)c2Br)sc2c1CCC(C)C2. The molecule has 0 fully saturated rings. The van der Waals surface area contributed by atoms with Gasteiger partial charge in [0.15, 0.2) is 0 Å². The van der Waals surface area contributed by atoms with Gasteiger partial charge in [0.25, 0.3) is 0 Å². The summed E-state index contributed by atoms with van der Waals surface area (Å²) in [5.41, 5.74) is 3.47. The van der Waals surface area contributed by atoms with Crippen LogP contribution < -0.4 is 10.1 Å². The van der Waals surface area contributed by atoms with Gasteiger partial charge < -0.3 is 14.8 Å². The Kier molecular flexibility index (Phi) is 8.64. The topological polar surface area (TPSA) is 64.6 Å². The van der Waals surface area contributed by atoms with Crippen molar-refractivity contribution in [3.8, 4) is 5.75 Å². The third-order valence-corrected chi connectivity index (χ3v) is 8.36. The summed E-state index contributed by atoms with van der Waals surface area (Å²) in [5.74, 6) is 0.815. The van der Waals surface area contributed by atoms with Crippen LogP contribution in [0.3, 0.4) is 0 Å². The molecule has 0 spiro atoms. The molecule has 1 aliphatic carbocycles. The van der Waals surface area contributed by atoms with Crippen molar-refractivity contribution in [3.05, 3.63) is 42.7 Å². The van der Waals surface area contributed by atoms with Crippen LogP contribution in [0.1, 0.15) is 65.0 Å². The maximum absolute atomic E-state index is 12.6. The number of hydrogen-bond donors (Lipinski definition) is 1. The summed E-state index contributed by atoms with van der Waals surface area (Å²) < 4.78 is 12.0. The Balaban J connectivity index is 1.61. The van der Waals surface area contributed by atoms with E-state index in [2.05, 4.69) is 28.2 Å². The number of carbonyl (C=O) groups is 2. The second-order valence-corrected chi connectivity index (χ2v) is 10.5. The number of thiophene rings is 1. The largest absolute Gasteiger partial charge is 0.492 e. The fourth-order valence-electron chi connectivity index (χ4n) is 3.87. The van der Waals surface area contributed by atoms with Crippen LogP contribution in [0.25, 0.3) is 0 Å². The Morgan fingerprint density at radius 1 is 1.34 bits per heavy atom. The lowest BCUT2D eigenvalue weighted by Gasteiger charge is -2.18. The number of hydrogen-bond acceptors (Lipinski definition) is 5. The van der Waals surface area contributed by atoms with Crippen LogP contribution in [0.4, 0.5) is 5.00 Å². The summed E-state index contributed by atoms with van der Waals surface area (Å²) in [5, 5.41) is 4.28. The van der Waals surface area contributed by atoms with E-state index in [1.807, 2.05) is 19.9 Å². The minimum Gasteiger partial charge on any atom is -0.492 e. The summed E-state index contributed by atoms with van der Waals surface area (Å²) in [7, 11) is 0. The molecule has 174 valence electrons. The molecule has 1 aromatic carbocycles. The molecular weight excluding hydrogens is 514 g/mol. The number of anilines is 1. The van der Waals surface area contributed by atoms with E-state index in [1.54, 1.807) is 6.92 Å². The van der Waals surface area contributed by atoms with E-state index < -0.39 is 0 Å². The van der Waals surface area contributed by atoms with E-state index in [4.69, 9.17) is 21.1 Å². The van der Waals surface area contributed by atoms with Crippen molar-refractivity contribution >= 4 is 55.7 Å². The number of benzene rings is 1. The van der Waals surface area contributed by atoms with Gasteiger partial charge in [-0.1, -0.05) is 18.5 Å². The first kappa shape index (κ1) is 25.1. The van der Waals surface area contributed by atoms with Crippen molar-refractivity contribution in [1.29, 1.82) is 0 Å². The van der Waals surface area contributed by atoms with Crippen molar-refractivity contribution < 1.29 is 19.1 Å². The van der Waals surface area contributed by atoms with E-state index >= 15 is 0 Å². The number of nitrogens with one attached hydrogen (secondary N) is 1. The van der Waals surface area contributed by atoms with Crippen LogP contribution in [0, 0.1) is 19.8 Å². The van der Waals surface area contributed by atoms with Gasteiger partial charge in [0.2, 0.25) is 5.91 Å². The molecule has 0 saturated carbocycles. The van der Waals surface area contributed by atoms with Gasteiger partial charge in [0.1, 0.15) is 10.8 Å². The van der Waals surface area contributed by atoms with Crippen molar-refractivity contribution in [2.75, 3.05) is 18.5 Å². The fraction of sp³-hybridized carbons (Fsp3) is 0.500. The average molecular weight is 543 g/mol. The molecule has 0 radical (unpaired) electrons. The zero-order valence-corrected chi connectivity index (χ0v) is 22.1. The molecule has 0 bridgehead atoms.